The number of aromatic nitrogens is 3. The Hall–Kier alpha value is -6.39. The smallest absolute Gasteiger partial charge is 0.246 e. The second kappa shape index (κ2) is 29.1. The Bertz CT molecular complexity index is 2600. The molecule has 6 rings (SSSR count). The number of nitrogens with one attached hydrogen (secondary N) is 2. The standard InChI is InChI=1S/C59H80N8O7S/c1-41-54(75-40-62-41)45-31-29-43(30-32-45)37-61-57(72)49-35-46(68)39-67(49)58(73)55(59(2,3)4)63-52(70)23-17-15-13-11-9-7-6-8-10-12-14-16-18-24-53(71)66(5)38-44-27-25-42(26-28-44)33-34-74-51-36-48(64-65-56(51)60)47-21-19-20-22-50(47)69/h19-22,25-32,36,40,46,49,55,68-69H,6-18,23-24,33-35,37-39H2,1-5H3,(H2,60,65)(H,61,72)(H,63,70)/t46-,49+,55-/m1/s1. The van der Waals surface area contributed by atoms with Crippen LogP contribution in [0.4, 0.5) is 5.82 Å². The summed E-state index contributed by atoms with van der Waals surface area (Å²) in [6, 6.07) is 23.1. The van der Waals surface area contributed by atoms with Gasteiger partial charge in [-0.15, -0.1) is 21.5 Å². The number of aliphatic hydroxyl groups is 1. The van der Waals surface area contributed by atoms with Crippen LogP contribution in [-0.2, 0) is 38.7 Å². The van der Waals surface area contributed by atoms with E-state index in [1.165, 1.54) is 43.4 Å². The summed E-state index contributed by atoms with van der Waals surface area (Å²) in [7, 11) is 1.87. The van der Waals surface area contributed by atoms with Crippen molar-refractivity contribution in [3.05, 3.63) is 107 Å². The molecule has 3 atom stereocenters. The average Bonchev–Trinajstić information content (AvgIpc) is 4.02. The SMILES string of the molecule is Cc1ncsc1-c1ccc(CNC(=O)[C@@H]2C[C@@H](O)CN2C(=O)[C@@H](NC(=O)CCCCCCCCCCCCCCCC(=O)N(C)Cc2ccc(CCOc3cc(-c4ccccc4O)nnc3N)cc2)C(C)(C)C)cc1. The number of β-amino-alcohol motifs (C(OH)–C–C–N with tert-alkyl or cyclic N) is 1. The number of nitrogens with two attached hydrogens (primary N) is 1. The predicted octanol–water partition coefficient (Wildman–Crippen LogP) is 10.1. The molecular formula is C59H80N8O7S. The van der Waals surface area contributed by atoms with Crippen molar-refractivity contribution in [2.24, 2.45) is 5.41 Å². The summed E-state index contributed by atoms with van der Waals surface area (Å²) >= 11 is 1.59. The van der Waals surface area contributed by atoms with Gasteiger partial charge in [-0.2, -0.15) is 0 Å². The number of anilines is 1. The van der Waals surface area contributed by atoms with Gasteiger partial charge in [-0.3, -0.25) is 19.2 Å². The van der Waals surface area contributed by atoms with Crippen LogP contribution in [0.15, 0.2) is 84.4 Å². The highest BCUT2D eigenvalue weighted by Gasteiger charge is 2.44. The van der Waals surface area contributed by atoms with Gasteiger partial charge in [0.1, 0.15) is 23.5 Å². The fourth-order valence-electron chi connectivity index (χ4n) is 9.48. The number of aryl methyl sites for hydroxylation is 1. The van der Waals surface area contributed by atoms with Crippen LogP contribution >= 0.6 is 11.3 Å². The lowest BCUT2D eigenvalue weighted by molar-refractivity contribution is -0.144. The van der Waals surface area contributed by atoms with Gasteiger partial charge in [0.2, 0.25) is 23.6 Å². The number of phenols is 1. The molecule has 0 radical (unpaired) electrons. The minimum atomic E-state index is -0.833. The number of hydrogen-bond acceptors (Lipinski definition) is 12. The molecule has 3 aromatic carbocycles. The Labute approximate surface area is 448 Å². The summed E-state index contributed by atoms with van der Waals surface area (Å²) < 4.78 is 5.94. The van der Waals surface area contributed by atoms with Crippen LogP contribution in [0.1, 0.15) is 146 Å². The van der Waals surface area contributed by atoms with E-state index in [9.17, 15) is 29.4 Å². The quantitative estimate of drug-likeness (QED) is 0.0284. The molecule has 3 heterocycles. The number of nitrogens with zero attached hydrogens (tertiary/aromatic N) is 5. The van der Waals surface area contributed by atoms with Gasteiger partial charge in [-0.1, -0.05) is 152 Å². The molecule has 1 aliphatic rings. The number of carbonyl (C=O) groups is 4. The molecule has 0 aliphatic carbocycles. The number of rotatable bonds is 29. The predicted molar refractivity (Wildman–Crippen MR) is 297 cm³/mol. The van der Waals surface area contributed by atoms with Crippen LogP contribution in [0.5, 0.6) is 11.5 Å². The maximum atomic E-state index is 14.0. The third kappa shape index (κ3) is 18.2. The number of unbranched alkanes of at least 4 members (excludes halogenated alkanes) is 12. The van der Waals surface area contributed by atoms with Crippen molar-refractivity contribution < 1.29 is 34.1 Å². The van der Waals surface area contributed by atoms with E-state index in [2.05, 4.69) is 50.1 Å². The number of aromatic hydroxyl groups is 1. The van der Waals surface area contributed by atoms with E-state index >= 15 is 0 Å². The minimum Gasteiger partial charge on any atom is -0.507 e. The molecule has 6 N–H and O–H groups in total. The summed E-state index contributed by atoms with van der Waals surface area (Å²) in [5, 5.41) is 34.8. The molecule has 4 amide bonds. The highest BCUT2D eigenvalue weighted by molar-refractivity contribution is 7.13. The van der Waals surface area contributed by atoms with E-state index in [-0.39, 0.29) is 48.2 Å². The van der Waals surface area contributed by atoms with Crippen LogP contribution in [0.25, 0.3) is 21.7 Å². The van der Waals surface area contributed by atoms with Crippen molar-refractivity contribution >= 4 is 40.8 Å². The minimum absolute atomic E-state index is 0.0431. The van der Waals surface area contributed by atoms with E-state index in [4.69, 9.17) is 10.5 Å². The fourth-order valence-corrected chi connectivity index (χ4v) is 10.3. The Morgan fingerprint density at radius 2 is 1.43 bits per heavy atom. The summed E-state index contributed by atoms with van der Waals surface area (Å²) in [6.07, 6.45) is 15.2. The van der Waals surface area contributed by atoms with Crippen LogP contribution in [-0.4, -0.2) is 97.2 Å². The summed E-state index contributed by atoms with van der Waals surface area (Å²) in [6.45, 7) is 8.98. The Morgan fingerprint density at radius 1 is 0.827 bits per heavy atom. The number of carbonyl (C=O) groups excluding carboxylic acids is 4. The molecular weight excluding hydrogens is 965 g/mol. The Balaban J connectivity index is 0.758. The first-order valence-corrected chi connectivity index (χ1v) is 27.9. The molecule has 0 unspecified atom stereocenters. The molecule has 15 nitrogen and oxygen atoms in total. The molecule has 75 heavy (non-hydrogen) atoms. The number of phenolic OH excluding ortho intramolecular Hbond substituents is 1. The van der Waals surface area contributed by atoms with Gasteiger partial charge in [-0.25, -0.2) is 4.98 Å². The van der Waals surface area contributed by atoms with Crippen molar-refractivity contribution in [2.45, 2.75) is 168 Å². The van der Waals surface area contributed by atoms with E-state index in [1.807, 2.05) is 70.6 Å². The lowest BCUT2D eigenvalue weighted by Crippen LogP contribution is -2.57. The summed E-state index contributed by atoms with van der Waals surface area (Å²) in [5.41, 5.74) is 13.4. The number of thiazole rings is 1. The molecule has 5 aromatic rings. The molecule has 404 valence electrons. The maximum Gasteiger partial charge on any atom is 0.246 e. The number of hydrogen-bond donors (Lipinski definition) is 5. The van der Waals surface area contributed by atoms with Gasteiger partial charge in [0.15, 0.2) is 11.6 Å². The van der Waals surface area contributed by atoms with Gasteiger partial charge >= 0.3 is 0 Å². The van der Waals surface area contributed by atoms with Crippen LogP contribution in [0.3, 0.4) is 0 Å². The van der Waals surface area contributed by atoms with Gasteiger partial charge in [0, 0.05) is 64.0 Å². The summed E-state index contributed by atoms with van der Waals surface area (Å²) in [5.74, 6) is 0.0302. The highest BCUT2D eigenvalue weighted by atomic mass is 32.1. The molecule has 0 bridgehead atoms. The number of para-hydroxylation sites is 1. The molecule has 1 aliphatic heterocycles. The van der Waals surface area contributed by atoms with Crippen LogP contribution < -0.4 is 21.1 Å². The van der Waals surface area contributed by atoms with Crippen LogP contribution in [0.2, 0.25) is 0 Å². The molecule has 1 fully saturated rings. The first-order chi connectivity index (χ1) is 36.1. The van der Waals surface area contributed by atoms with E-state index in [0.717, 1.165) is 77.8 Å². The summed E-state index contributed by atoms with van der Waals surface area (Å²) in [4.78, 5) is 62.2. The normalized spacial score (nSPS) is 14.9. The number of benzene rings is 3. The number of aliphatic hydroxyl groups excluding tert-OH is 1. The second-order valence-corrected chi connectivity index (χ2v) is 22.1. The highest BCUT2D eigenvalue weighted by Crippen LogP contribution is 2.32. The Kier molecular flexibility index (Phi) is 22.4. The zero-order valence-corrected chi connectivity index (χ0v) is 45.6. The maximum absolute atomic E-state index is 14.0. The van der Waals surface area contributed by atoms with Crippen molar-refractivity contribution in [2.75, 3.05) is 25.9 Å². The zero-order valence-electron chi connectivity index (χ0n) is 44.8. The molecule has 16 heteroatoms. The number of ether oxygens (including phenoxy) is 1. The monoisotopic (exact) mass is 1040 g/mol. The molecule has 0 spiro atoms. The fraction of sp³-hybridized carbons (Fsp3) is 0.508. The van der Waals surface area contributed by atoms with Crippen molar-refractivity contribution in [1.29, 1.82) is 0 Å². The molecule has 0 saturated carbocycles. The second-order valence-electron chi connectivity index (χ2n) is 21.2. The van der Waals surface area contributed by atoms with Crippen molar-refractivity contribution in [3.63, 3.8) is 0 Å². The van der Waals surface area contributed by atoms with E-state index < -0.39 is 23.6 Å². The number of likely N-dealkylation sites (tertiary alicyclic amines) is 1. The number of nitrogen functional groups attached to an aromatic ring is 1. The van der Waals surface area contributed by atoms with E-state index in [0.29, 0.717) is 56.0 Å². The topological polar surface area (TPSA) is 213 Å². The third-order valence-electron chi connectivity index (χ3n) is 14.0. The third-order valence-corrected chi connectivity index (χ3v) is 15.0. The molecule has 2 aromatic heterocycles. The first kappa shape index (κ1) is 57.9. The molecule has 1 saturated heterocycles. The average molecular weight is 1050 g/mol. The van der Waals surface area contributed by atoms with Gasteiger partial charge in [-0.05, 0) is 59.6 Å². The van der Waals surface area contributed by atoms with Gasteiger partial charge in [0.25, 0.3) is 0 Å². The lowest BCUT2D eigenvalue weighted by Gasteiger charge is -2.35. The van der Waals surface area contributed by atoms with Crippen molar-refractivity contribution in [3.8, 4) is 33.2 Å². The largest absolute Gasteiger partial charge is 0.507 e. The van der Waals surface area contributed by atoms with Crippen LogP contribution in [0, 0.1) is 12.3 Å². The van der Waals surface area contributed by atoms with E-state index in [1.54, 1.807) is 40.5 Å². The zero-order chi connectivity index (χ0) is 53.7. The van der Waals surface area contributed by atoms with Gasteiger partial charge in [0.05, 0.1) is 28.8 Å². The van der Waals surface area contributed by atoms with Crippen molar-refractivity contribution in [1.82, 2.24) is 35.6 Å². The number of amides is 4. The lowest BCUT2D eigenvalue weighted by atomic mass is 9.85. The Morgan fingerprint density at radius 3 is 2.04 bits per heavy atom. The first-order valence-electron chi connectivity index (χ1n) is 27.0. The van der Waals surface area contributed by atoms with Gasteiger partial charge < -0.3 is 41.1 Å².